The molecule has 5 atom stereocenters. The van der Waals surface area contributed by atoms with Crippen molar-refractivity contribution >= 4 is 11.6 Å². The van der Waals surface area contributed by atoms with Gasteiger partial charge in [-0.3, -0.25) is 4.79 Å². The van der Waals surface area contributed by atoms with Crippen molar-refractivity contribution in [2.75, 3.05) is 11.9 Å². The molecule has 0 aromatic heterocycles. The molecule has 1 fully saturated rings. The summed E-state index contributed by atoms with van der Waals surface area (Å²) < 4.78 is 5.45. The third-order valence-electron chi connectivity index (χ3n) is 3.58. The van der Waals surface area contributed by atoms with Gasteiger partial charge in [-0.1, -0.05) is 18.7 Å². The molecule has 1 amide bonds. The van der Waals surface area contributed by atoms with E-state index in [1.54, 1.807) is 24.3 Å². The number of aliphatic hydroxyl groups excluding tert-OH is 4. The van der Waals surface area contributed by atoms with Gasteiger partial charge in [-0.2, -0.15) is 0 Å². The molecule has 7 nitrogen and oxygen atoms in total. The Kier molecular flexibility index (Phi) is 5.28. The van der Waals surface area contributed by atoms with Crippen LogP contribution in [0, 0.1) is 0 Å². The largest absolute Gasteiger partial charge is 0.394 e. The quantitative estimate of drug-likeness (QED) is 0.470. The molecule has 0 bridgehead atoms. The van der Waals surface area contributed by atoms with Crippen LogP contribution in [-0.2, 0) is 9.53 Å². The summed E-state index contributed by atoms with van der Waals surface area (Å²) in [4.78, 5) is 11.2. The molecule has 0 radical (unpaired) electrons. The zero-order chi connectivity index (χ0) is 16.3. The van der Waals surface area contributed by atoms with E-state index >= 15 is 0 Å². The molecule has 1 saturated heterocycles. The van der Waals surface area contributed by atoms with Gasteiger partial charge in [0.2, 0.25) is 5.91 Å². The van der Waals surface area contributed by atoms with E-state index in [1.807, 2.05) is 0 Å². The Hall–Kier alpha value is -1.77. The lowest BCUT2D eigenvalue weighted by Crippen LogP contribution is -2.55. The first-order valence-corrected chi connectivity index (χ1v) is 6.81. The molecule has 22 heavy (non-hydrogen) atoms. The summed E-state index contributed by atoms with van der Waals surface area (Å²) in [5.41, 5.74) is 1.09. The number of carbonyl (C=O) groups excluding carboxylic acids is 1. The van der Waals surface area contributed by atoms with Crippen molar-refractivity contribution in [2.24, 2.45) is 0 Å². The average Bonchev–Trinajstić information content (AvgIpc) is 2.54. The Balaban J connectivity index is 2.16. The van der Waals surface area contributed by atoms with Crippen molar-refractivity contribution in [3.05, 3.63) is 42.5 Å². The van der Waals surface area contributed by atoms with Gasteiger partial charge < -0.3 is 30.5 Å². The Morgan fingerprint density at radius 2 is 1.82 bits per heavy atom. The van der Waals surface area contributed by atoms with Crippen molar-refractivity contribution in [2.45, 2.75) is 30.5 Å². The number of carbonyl (C=O) groups is 1. The van der Waals surface area contributed by atoms with Crippen LogP contribution in [0.25, 0.3) is 0 Å². The first-order chi connectivity index (χ1) is 10.5. The van der Waals surface area contributed by atoms with Crippen LogP contribution >= 0.6 is 0 Å². The van der Waals surface area contributed by atoms with Crippen LogP contribution < -0.4 is 5.32 Å². The third kappa shape index (κ3) is 3.34. The van der Waals surface area contributed by atoms with Crippen molar-refractivity contribution in [3.63, 3.8) is 0 Å². The lowest BCUT2D eigenvalue weighted by atomic mass is 9.91. The standard InChI is InChI=1S/C15H19NO6/c1-2-11(18)16-9-5-3-8(4-6-9)15-14(21)13(20)12(19)10(7-17)22-15/h2-6,10,12-15,17,19-21H,1,7H2,(H,16,18)/t10-,12-,13+,14+,15-/m1/s1. The van der Waals surface area contributed by atoms with E-state index in [-0.39, 0.29) is 5.91 Å². The molecule has 1 aliphatic rings. The fourth-order valence-electron chi connectivity index (χ4n) is 2.33. The topological polar surface area (TPSA) is 119 Å². The molecule has 0 unspecified atom stereocenters. The van der Waals surface area contributed by atoms with Gasteiger partial charge in [0.1, 0.15) is 30.5 Å². The molecule has 1 aromatic carbocycles. The number of rotatable bonds is 4. The minimum Gasteiger partial charge on any atom is -0.394 e. The minimum atomic E-state index is -1.42. The van der Waals surface area contributed by atoms with Gasteiger partial charge in [-0.15, -0.1) is 0 Å². The maximum Gasteiger partial charge on any atom is 0.247 e. The highest BCUT2D eigenvalue weighted by atomic mass is 16.5. The molecular weight excluding hydrogens is 290 g/mol. The first kappa shape index (κ1) is 16.6. The molecule has 5 N–H and O–H groups in total. The lowest BCUT2D eigenvalue weighted by molar-refractivity contribution is -0.231. The predicted octanol–water partition coefficient (Wildman–Crippen LogP) is -0.674. The van der Waals surface area contributed by atoms with Crippen molar-refractivity contribution in [1.29, 1.82) is 0 Å². The number of ether oxygens (including phenoxy) is 1. The Bertz CT molecular complexity index is 529. The molecule has 2 rings (SSSR count). The van der Waals surface area contributed by atoms with Crippen LogP contribution in [0.1, 0.15) is 11.7 Å². The van der Waals surface area contributed by atoms with E-state index in [0.29, 0.717) is 11.3 Å². The fourth-order valence-corrected chi connectivity index (χ4v) is 2.33. The fraction of sp³-hybridized carbons (Fsp3) is 0.400. The number of hydrogen-bond acceptors (Lipinski definition) is 6. The van der Waals surface area contributed by atoms with Crippen LogP contribution in [-0.4, -0.2) is 57.4 Å². The van der Waals surface area contributed by atoms with Crippen LogP contribution in [0.3, 0.4) is 0 Å². The van der Waals surface area contributed by atoms with Crippen LogP contribution in [0.2, 0.25) is 0 Å². The molecule has 0 spiro atoms. The molecule has 7 heteroatoms. The maximum absolute atomic E-state index is 11.2. The predicted molar refractivity (Wildman–Crippen MR) is 78.0 cm³/mol. The summed E-state index contributed by atoms with van der Waals surface area (Å²) >= 11 is 0. The summed E-state index contributed by atoms with van der Waals surface area (Å²) in [5, 5.41) is 41.3. The highest BCUT2D eigenvalue weighted by Gasteiger charge is 2.43. The smallest absolute Gasteiger partial charge is 0.247 e. The minimum absolute atomic E-state index is 0.347. The molecule has 1 aromatic rings. The number of amides is 1. The van der Waals surface area contributed by atoms with Gasteiger partial charge in [-0.05, 0) is 23.8 Å². The van der Waals surface area contributed by atoms with Crippen molar-refractivity contribution in [3.8, 4) is 0 Å². The summed E-state index contributed by atoms with van der Waals surface area (Å²) in [6.07, 6.45) is -4.83. The number of anilines is 1. The highest BCUT2D eigenvalue weighted by molar-refractivity contribution is 5.98. The van der Waals surface area contributed by atoms with Crippen molar-refractivity contribution < 1.29 is 30.0 Å². The summed E-state index contributed by atoms with van der Waals surface area (Å²) in [6.45, 7) is 2.87. The summed E-state index contributed by atoms with van der Waals surface area (Å²) in [7, 11) is 0. The molecule has 1 heterocycles. The molecule has 1 aliphatic heterocycles. The van der Waals surface area contributed by atoms with Gasteiger partial charge in [0.05, 0.1) is 6.61 Å². The van der Waals surface area contributed by atoms with Crippen molar-refractivity contribution in [1.82, 2.24) is 0 Å². The van der Waals surface area contributed by atoms with Crippen LogP contribution in [0.15, 0.2) is 36.9 Å². The zero-order valence-corrected chi connectivity index (χ0v) is 11.8. The Morgan fingerprint density at radius 1 is 1.18 bits per heavy atom. The number of hydrogen-bond donors (Lipinski definition) is 5. The van der Waals surface area contributed by atoms with Gasteiger partial charge in [0, 0.05) is 5.69 Å². The van der Waals surface area contributed by atoms with E-state index in [0.717, 1.165) is 6.08 Å². The normalized spacial score (nSPS) is 31.5. The SMILES string of the molecule is C=CC(=O)Nc1ccc([C@H]2O[C@H](CO)[C@@H](O)[C@H](O)[C@@H]2O)cc1. The van der Waals surface area contributed by atoms with Gasteiger partial charge in [0.25, 0.3) is 0 Å². The molecular formula is C15H19NO6. The molecule has 0 saturated carbocycles. The summed E-state index contributed by atoms with van der Waals surface area (Å²) in [5.74, 6) is -0.347. The van der Waals surface area contributed by atoms with E-state index in [9.17, 15) is 20.1 Å². The van der Waals surface area contributed by atoms with Gasteiger partial charge >= 0.3 is 0 Å². The number of aliphatic hydroxyl groups is 4. The zero-order valence-electron chi connectivity index (χ0n) is 11.8. The van der Waals surface area contributed by atoms with Gasteiger partial charge in [0.15, 0.2) is 0 Å². The summed E-state index contributed by atoms with van der Waals surface area (Å²) in [6, 6.07) is 6.45. The second-order valence-corrected chi connectivity index (χ2v) is 5.06. The Labute approximate surface area is 127 Å². The van der Waals surface area contributed by atoms with Gasteiger partial charge in [-0.25, -0.2) is 0 Å². The maximum atomic E-state index is 11.2. The highest BCUT2D eigenvalue weighted by Crippen LogP contribution is 2.32. The molecule has 120 valence electrons. The first-order valence-electron chi connectivity index (χ1n) is 6.81. The lowest BCUT2D eigenvalue weighted by Gasteiger charge is -2.40. The van der Waals surface area contributed by atoms with E-state index in [4.69, 9.17) is 9.84 Å². The molecule has 0 aliphatic carbocycles. The second-order valence-electron chi connectivity index (χ2n) is 5.06. The Morgan fingerprint density at radius 3 is 2.36 bits per heavy atom. The van der Waals surface area contributed by atoms with Crippen LogP contribution in [0.5, 0.6) is 0 Å². The number of benzene rings is 1. The monoisotopic (exact) mass is 309 g/mol. The number of nitrogens with one attached hydrogen (secondary N) is 1. The van der Waals surface area contributed by atoms with Crippen LogP contribution in [0.4, 0.5) is 5.69 Å². The van der Waals surface area contributed by atoms with E-state index in [2.05, 4.69) is 11.9 Å². The van der Waals surface area contributed by atoms with E-state index in [1.165, 1.54) is 0 Å². The second kappa shape index (κ2) is 6.99. The van der Waals surface area contributed by atoms with E-state index < -0.39 is 37.1 Å². The average molecular weight is 309 g/mol. The third-order valence-corrected chi connectivity index (χ3v) is 3.58.